The number of ether oxygens (including phenoxy) is 2. The van der Waals surface area contributed by atoms with Crippen LogP contribution >= 0.6 is 0 Å². The van der Waals surface area contributed by atoms with Crippen molar-refractivity contribution in [3.8, 4) is 5.75 Å². The molecule has 0 radical (unpaired) electrons. The average molecular weight is 367 g/mol. The monoisotopic (exact) mass is 367 g/mol. The van der Waals surface area contributed by atoms with Crippen molar-refractivity contribution in [2.45, 2.75) is 12.7 Å². The summed E-state index contributed by atoms with van der Waals surface area (Å²) in [5.41, 5.74) is -0.708. The van der Waals surface area contributed by atoms with E-state index in [1.54, 1.807) is 12.1 Å². The van der Waals surface area contributed by atoms with Crippen LogP contribution in [0.3, 0.4) is 0 Å². The standard InChI is InChI=1S/C18H16F3NO4/c1-25-14-7-4-6-12(9-14)17(24)26-11-16(23)22-10-13-5-2-3-8-15(13)18(19,20)21/h2-9H,10-11H2,1H3,(H,22,23). The first-order valence-electron chi connectivity index (χ1n) is 7.54. The molecule has 138 valence electrons. The van der Waals surface area contributed by atoms with Gasteiger partial charge in [-0.3, -0.25) is 4.79 Å². The van der Waals surface area contributed by atoms with Crippen LogP contribution in [0.15, 0.2) is 48.5 Å². The van der Waals surface area contributed by atoms with Crippen LogP contribution in [0.5, 0.6) is 5.75 Å². The Balaban J connectivity index is 1.89. The van der Waals surface area contributed by atoms with Gasteiger partial charge in [-0.25, -0.2) is 4.79 Å². The van der Waals surface area contributed by atoms with Gasteiger partial charge in [0.05, 0.1) is 18.2 Å². The third kappa shape index (κ3) is 5.23. The maximum absolute atomic E-state index is 12.9. The van der Waals surface area contributed by atoms with Crippen LogP contribution in [0.4, 0.5) is 13.2 Å². The minimum Gasteiger partial charge on any atom is -0.497 e. The number of esters is 1. The Bertz CT molecular complexity index is 790. The van der Waals surface area contributed by atoms with Crippen molar-refractivity contribution >= 4 is 11.9 Å². The molecule has 0 heterocycles. The molecule has 0 aliphatic carbocycles. The molecule has 5 nitrogen and oxygen atoms in total. The van der Waals surface area contributed by atoms with E-state index in [0.29, 0.717) is 5.75 Å². The highest BCUT2D eigenvalue weighted by Gasteiger charge is 2.32. The van der Waals surface area contributed by atoms with E-state index in [1.807, 2.05) is 0 Å². The fraction of sp³-hybridized carbons (Fsp3) is 0.222. The average Bonchev–Trinajstić information content (AvgIpc) is 2.64. The molecule has 0 unspecified atom stereocenters. The summed E-state index contributed by atoms with van der Waals surface area (Å²) in [7, 11) is 1.44. The van der Waals surface area contributed by atoms with Gasteiger partial charge in [0.2, 0.25) is 0 Å². The largest absolute Gasteiger partial charge is 0.497 e. The summed E-state index contributed by atoms with van der Waals surface area (Å²) in [6, 6.07) is 11.1. The molecule has 1 N–H and O–H groups in total. The molecule has 2 rings (SSSR count). The third-order valence-corrected chi connectivity index (χ3v) is 3.44. The van der Waals surface area contributed by atoms with Crippen LogP contribution in [0.25, 0.3) is 0 Å². The summed E-state index contributed by atoms with van der Waals surface area (Å²) in [5.74, 6) is -0.999. The molecule has 0 saturated carbocycles. The van der Waals surface area contributed by atoms with Crippen LogP contribution < -0.4 is 10.1 Å². The second kappa shape index (κ2) is 8.37. The number of carbonyl (C=O) groups is 2. The fourth-order valence-corrected chi connectivity index (χ4v) is 2.16. The lowest BCUT2D eigenvalue weighted by atomic mass is 10.1. The summed E-state index contributed by atoms with van der Waals surface area (Å²) in [4.78, 5) is 23.6. The van der Waals surface area contributed by atoms with Crippen molar-refractivity contribution in [1.82, 2.24) is 5.32 Å². The highest BCUT2D eigenvalue weighted by atomic mass is 19.4. The Morgan fingerprint density at radius 1 is 1.08 bits per heavy atom. The molecule has 0 atom stereocenters. The number of methoxy groups -OCH3 is 1. The van der Waals surface area contributed by atoms with Crippen molar-refractivity contribution in [3.05, 3.63) is 65.2 Å². The van der Waals surface area contributed by atoms with Gasteiger partial charge in [-0.15, -0.1) is 0 Å². The summed E-state index contributed by atoms with van der Waals surface area (Å²) < 4.78 is 48.5. The molecular formula is C18H16F3NO4. The predicted molar refractivity (Wildman–Crippen MR) is 86.6 cm³/mol. The number of rotatable bonds is 6. The predicted octanol–water partition coefficient (Wildman–Crippen LogP) is 3.19. The molecule has 8 heteroatoms. The Morgan fingerprint density at radius 3 is 2.50 bits per heavy atom. The molecule has 0 aromatic heterocycles. The number of benzene rings is 2. The first-order valence-corrected chi connectivity index (χ1v) is 7.54. The van der Waals surface area contributed by atoms with Gasteiger partial charge in [-0.05, 0) is 29.8 Å². The van der Waals surface area contributed by atoms with E-state index in [4.69, 9.17) is 9.47 Å². The zero-order valence-electron chi connectivity index (χ0n) is 13.8. The first kappa shape index (κ1) is 19.3. The van der Waals surface area contributed by atoms with Gasteiger partial charge in [0.1, 0.15) is 5.75 Å². The van der Waals surface area contributed by atoms with E-state index >= 15 is 0 Å². The number of hydrogen-bond donors (Lipinski definition) is 1. The molecule has 0 aliphatic heterocycles. The van der Waals surface area contributed by atoms with Crippen molar-refractivity contribution in [2.24, 2.45) is 0 Å². The molecule has 0 saturated heterocycles. The Hall–Kier alpha value is -3.03. The van der Waals surface area contributed by atoms with Crippen LogP contribution in [-0.4, -0.2) is 25.6 Å². The number of alkyl halides is 3. The first-order chi connectivity index (χ1) is 12.3. The second-order valence-electron chi connectivity index (χ2n) is 5.24. The Labute approximate surface area is 147 Å². The molecule has 1 amide bonds. The van der Waals surface area contributed by atoms with Crippen molar-refractivity contribution in [1.29, 1.82) is 0 Å². The number of carbonyl (C=O) groups excluding carboxylic acids is 2. The van der Waals surface area contributed by atoms with Crippen LogP contribution in [0.2, 0.25) is 0 Å². The van der Waals surface area contributed by atoms with Gasteiger partial charge in [-0.1, -0.05) is 24.3 Å². The maximum Gasteiger partial charge on any atom is 0.416 e. The van der Waals surface area contributed by atoms with E-state index in [1.165, 1.54) is 37.4 Å². The minimum atomic E-state index is -4.51. The van der Waals surface area contributed by atoms with E-state index in [0.717, 1.165) is 6.07 Å². The highest BCUT2D eigenvalue weighted by Crippen LogP contribution is 2.31. The Kier molecular flexibility index (Phi) is 6.21. The SMILES string of the molecule is COc1cccc(C(=O)OCC(=O)NCc2ccccc2C(F)(F)F)c1. The number of halogens is 3. The molecule has 26 heavy (non-hydrogen) atoms. The van der Waals surface area contributed by atoms with Crippen LogP contribution in [-0.2, 0) is 22.3 Å². The van der Waals surface area contributed by atoms with E-state index in [9.17, 15) is 22.8 Å². The van der Waals surface area contributed by atoms with Crippen molar-refractivity contribution < 1.29 is 32.2 Å². The van der Waals surface area contributed by atoms with Gasteiger partial charge in [0.15, 0.2) is 6.61 Å². The smallest absolute Gasteiger partial charge is 0.416 e. The molecule has 0 aliphatic rings. The number of hydrogen-bond acceptors (Lipinski definition) is 4. The summed E-state index contributed by atoms with van der Waals surface area (Å²) >= 11 is 0. The molecule has 0 spiro atoms. The second-order valence-corrected chi connectivity index (χ2v) is 5.24. The summed E-state index contributed by atoms with van der Waals surface area (Å²) in [6.45, 7) is -0.935. The van der Waals surface area contributed by atoms with Gasteiger partial charge in [-0.2, -0.15) is 13.2 Å². The lowest BCUT2D eigenvalue weighted by Gasteiger charge is -2.13. The summed E-state index contributed by atoms with van der Waals surface area (Å²) in [6.07, 6.45) is -4.51. The zero-order chi connectivity index (χ0) is 19.2. The highest BCUT2D eigenvalue weighted by molar-refractivity contribution is 5.91. The minimum absolute atomic E-state index is 0.0764. The lowest BCUT2D eigenvalue weighted by molar-refractivity contribution is -0.138. The maximum atomic E-state index is 12.9. The van der Waals surface area contributed by atoms with E-state index in [2.05, 4.69) is 5.32 Å². The normalized spacial score (nSPS) is 10.9. The van der Waals surface area contributed by atoms with E-state index in [-0.39, 0.29) is 17.7 Å². The molecular weight excluding hydrogens is 351 g/mol. The fourth-order valence-electron chi connectivity index (χ4n) is 2.16. The quantitative estimate of drug-likeness (QED) is 0.797. The number of amides is 1. The van der Waals surface area contributed by atoms with Gasteiger partial charge in [0.25, 0.3) is 5.91 Å². The van der Waals surface area contributed by atoms with Crippen LogP contribution in [0.1, 0.15) is 21.5 Å². The van der Waals surface area contributed by atoms with Crippen molar-refractivity contribution in [2.75, 3.05) is 13.7 Å². The number of nitrogens with one attached hydrogen (secondary N) is 1. The van der Waals surface area contributed by atoms with Gasteiger partial charge >= 0.3 is 12.1 Å². The van der Waals surface area contributed by atoms with E-state index < -0.39 is 30.2 Å². The van der Waals surface area contributed by atoms with Gasteiger partial charge < -0.3 is 14.8 Å². The zero-order valence-corrected chi connectivity index (χ0v) is 13.8. The topological polar surface area (TPSA) is 64.6 Å². The molecule has 2 aromatic carbocycles. The lowest BCUT2D eigenvalue weighted by Crippen LogP contribution is -2.29. The molecule has 0 bridgehead atoms. The van der Waals surface area contributed by atoms with Crippen molar-refractivity contribution in [3.63, 3.8) is 0 Å². The molecule has 0 fully saturated rings. The Morgan fingerprint density at radius 2 is 1.81 bits per heavy atom. The van der Waals surface area contributed by atoms with Crippen LogP contribution in [0, 0.1) is 0 Å². The van der Waals surface area contributed by atoms with Gasteiger partial charge in [0, 0.05) is 6.54 Å². The summed E-state index contributed by atoms with van der Waals surface area (Å²) in [5, 5.41) is 2.30. The third-order valence-electron chi connectivity index (χ3n) is 3.44. The molecule has 2 aromatic rings.